The van der Waals surface area contributed by atoms with Gasteiger partial charge in [0.25, 0.3) is 5.91 Å². The Labute approximate surface area is 154 Å². The summed E-state index contributed by atoms with van der Waals surface area (Å²) in [5.74, 6) is -0.612. The third kappa shape index (κ3) is 4.49. The number of benzene rings is 2. The molecule has 0 aliphatic heterocycles. The molecule has 0 aromatic heterocycles. The van der Waals surface area contributed by atoms with Crippen LogP contribution in [0.4, 0.5) is 4.39 Å². The molecule has 0 unspecified atom stereocenters. The molecule has 0 atom stereocenters. The molecule has 0 bridgehead atoms. The van der Waals surface area contributed by atoms with Crippen LogP contribution in [0.25, 0.3) is 0 Å². The molecule has 0 saturated heterocycles. The molecule has 26 heavy (non-hydrogen) atoms. The van der Waals surface area contributed by atoms with Crippen molar-refractivity contribution in [2.24, 2.45) is 5.10 Å². The van der Waals surface area contributed by atoms with Crippen LogP contribution in [-0.2, 0) is 0 Å². The topological polar surface area (TPSA) is 83.7 Å². The van der Waals surface area contributed by atoms with Crippen molar-refractivity contribution in [1.29, 1.82) is 5.26 Å². The fourth-order valence-electron chi connectivity index (χ4n) is 2.07. The highest BCUT2D eigenvalue weighted by atomic mass is 35.5. The van der Waals surface area contributed by atoms with Gasteiger partial charge in [-0.05, 0) is 31.2 Å². The van der Waals surface area contributed by atoms with Gasteiger partial charge >= 0.3 is 0 Å². The maximum atomic E-state index is 13.8. The molecule has 2 rings (SSSR count). The molecule has 0 aliphatic carbocycles. The molecule has 0 radical (unpaired) electrons. The van der Waals surface area contributed by atoms with E-state index in [4.69, 9.17) is 26.3 Å². The Bertz CT molecular complexity index is 894. The highest BCUT2D eigenvalue weighted by molar-refractivity contribution is 6.33. The standard InChI is InChI=1S/C18H15ClFN3O3/c1-3-26-17-7-12(14(19)8-16(17)25-2)10-22-23-18(24)13-5-4-11(9-21)6-15(13)20/h4-8,10H,3H2,1-2H3,(H,23,24)/b22-10-. The number of amides is 1. The van der Waals surface area contributed by atoms with E-state index < -0.39 is 11.7 Å². The highest BCUT2D eigenvalue weighted by Gasteiger charge is 2.12. The van der Waals surface area contributed by atoms with Crippen LogP contribution < -0.4 is 14.9 Å². The molecule has 0 aliphatic rings. The first-order valence-electron chi connectivity index (χ1n) is 7.53. The Hall–Kier alpha value is -3.11. The van der Waals surface area contributed by atoms with Crippen LogP contribution in [0, 0.1) is 17.1 Å². The minimum Gasteiger partial charge on any atom is -0.493 e. The lowest BCUT2D eigenvalue weighted by molar-refractivity contribution is 0.0951. The number of rotatable bonds is 6. The summed E-state index contributed by atoms with van der Waals surface area (Å²) in [5, 5.41) is 12.8. The zero-order valence-electron chi connectivity index (χ0n) is 14.0. The quantitative estimate of drug-likeness (QED) is 0.618. The molecule has 2 aromatic carbocycles. The van der Waals surface area contributed by atoms with Gasteiger partial charge < -0.3 is 9.47 Å². The molecule has 1 N–H and O–H groups in total. The molecule has 0 saturated carbocycles. The van der Waals surface area contributed by atoms with E-state index in [2.05, 4.69) is 10.5 Å². The fraction of sp³-hybridized carbons (Fsp3) is 0.167. The van der Waals surface area contributed by atoms with E-state index in [0.717, 1.165) is 6.07 Å². The van der Waals surface area contributed by atoms with Crippen LogP contribution in [-0.4, -0.2) is 25.8 Å². The second-order valence-corrected chi connectivity index (χ2v) is 5.37. The average molecular weight is 376 g/mol. The van der Waals surface area contributed by atoms with E-state index in [0.29, 0.717) is 28.7 Å². The molecular weight excluding hydrogens is 361 g/mol. The molecule has 8 heteroatoms. The highest BCUT2D eigenvalue weighted by Crippen LogP contribution is 2.32. The number of carbonyl (C=O) groups excluding carboxylic acids is 1. The van der Waals surface area contributed by atoms with Crippen molar-refractivity contribution in [1.82, 2.24) is 5.43 Å². The van der Waals surface area contributed by atoms with E-state index in [1.807, 2.05) is 6.92 Å². The number of hydrogen-bond donors (Lipinski definition) is 1. The number of hydrazone groups is 1. The van der Waals surface area contributed by atoms with Crippen molar-refractivity contribution >= 4 is 23.7 Å². The van der Waals surface area contributed by atoms with E-state index in [-0.39, 0.29) is 11.1 Å². The van der Waals surface area contributed by atoms with Gasteiger partial charge in [-0.2, -0.15) is 10.4 Å². The predicted octanol–water partition coefficient (Wildman–Crippen LogP) is 3.52. The van der Waals surface area contributed by atoms with Crippen molar-refractivity contribution < 1.29 is 18.7 Å². The maximum Gasteiger partial charge on any atom is 0.274 e. The first-order chi connectivity index (χ1) is 12.5. The second kappa shape index (κ2) is 8.83. The van der Waals surface area contributed by atoms with Crippen LogP contribution in [0.5, 0.6) is 11.5 Å². The molecule has 2 aromatic rings. The molecular formula is C18H15ClFN3O3. The third-order valence-corrected chi connectivity index (χ3v) is 3.62. The monoisotopic (exact) mass is 375 g/mol. The van der Waals surface area contributed by atoms with Crippen molar-refractivity contribution in [3.63, 3.8) is 0 Å². The lowest BCUT2D eigenvalue weighted by atomic mass is 10.1. The summed E-state index contributed by atoms with van der Waals surface area (Å²) in [6, 6.07) is 8.51. The van der Waals surface area contributed by atoms with E-state index in [1.54, 1.807) is 18.2 Å². The molecule has 1 amide bonds. The molecule has 0 heterocycles. The Kier molecular flexibility index (Phi) is 6.53. The minimum absolute atomic E-state index is 0.121. The van der Waals surface area contributed by atoms with Crippen molar-refractivity contribution in [3.8, 4) is 17.6 Å². The van der Waals surface area contributed by atoms with Crippen LogP contribution in [0.15, 0.2) is 35.4 Å². The van der Waals surface area contributed by atoms with E-state index in [1.165, 1.54) is 25.5 Å². The van der Waals surface area contributed by atoms with Gasteiger partial charge in [0.1, 0.15) is 5.82 Å². The van der Waals surface area contributed by atoms with Crippen LogP contribution >= 0.6 is 11.6 Å². The van der Waals surface area contributed by atoms with Gasteiger partial charge in [0.2, 0.25) is 0 Å². The Morgan fingerprint density at radius 1 is 1.38 bits per heavy atom. The van der Waals surface area contributed by atoms with E-state index in [9.17, 15) is 9.18 Å². The number of halogens is 2. The Morgan fingerprint density at radius 2 is 2.15 bits per heavy atom. The smallest absolute Gasteiger partial charge is 0.274 e. The molecule has 0 fully saturated rings. The Morgan fingerprint density at radius 3 is 2.77 bits per heavy atom. The van der Waals surface area contributed by atoms with Gasteiger partial charge in [-0.15, -0.1) is 0 Å². The lowest BCUT2D eigenvalue weighted by Crippen LogP contribution is -2.19. The molecule has 134 valence electrons. The minimum atomic E-state index is -0.808. The second-order valence-electron chi connectivity index (χ2n) is 4.96. The van der Waals surface area contributed by atoms with Gasteiger partial charge in [0, 0.05) is 11.6 Å². The zero-order chi connectivity index (χ0) is 19.1. The van der Waals surface area contributed by atoms with Gasteiger partial charge in [0.05, 0.1) is 42.2 Å². The average Bonchev–Trinajstić information content (AvgIpc) is 2.63. The molecule has 6 nitrogen and oxygen atoms in total. The normalized spacial score (nSPS) is 10.4. The van der Waals surface area contributed by atoms with Crippen LogP contribution in [0.2, 0.25) is 5.02 Å². The van der Waals surface area contributed by atoms with Crippen LogP contribution in [0.3, 0.4) is 0 Å². The Balaban J connectivity index is 2.16. The summed E-state index contributed by atoms with van der Waals surface area (Å²) >= 11 is 6.14. The van der Waals surface area contributed by atoms with Crippen LogP contribution in [0.1, 0.15) is 28.4 Å². The number of hydrogen-bond acceptors (Lipinski definition) is 5. The van der Waals surface area contributed by atoms with Gasteiger partial charge in [-0.25, -0.2) is 9.82 Å². The number of ether oxygens (including phenoxy) is 2. The summed E-state index contributed by atoms with van der Waals surface area (Å²) in [4.78, 5) is 12.0. The third-order valence-electron chi connectivity index (χ3n) is 3.30. The summed E-state index contributed by atoms with van der Waals surface area (Å²) in [6.07, 6.45) is 1.31. The predicted molar refractivity (Wildman–Crippen MR) is 95.3 cm³/mol. The number of methoxy groups -OCH3 is 1. The van der Waals surface area contributed by atoms with Crippen molar-refractivity contribution in [3.05, 3.63) is 57.9 Å². The number of nitriles is 1. The fourth-order valence-corrected chi connectivity index (χ4v) is 2.27. The van der Waals surface area contributed by atoms with Gasteiger partial charge in [-0.1, -0.05) is 11.6 Å². The summed E-state index contributed by atoms with van der Waals surface area (Å²) in [6.45, 7) is 2.26. The van der Waals surface area contributed by atoms with Crippen molar-refractivity contribution in [2.45, 2.75) is 6.92 Å². The zero-order valence-corrected chi connectivity index (χ0v) is 14.8. The van der Waals surface area contributed by atoms with Crippen molar-refractivity contribution in [2.75, 3.05) is 13.7 Å². The maximum absolute atomic E-state index is 13.8. The summed E-state index contributed by atoms with van der Waals surface area (Å²) < 4.78 is 24.4. The SMILES string of the molecule is CCOc1cc(/C=N\NC(=O)c2ccc(C#N)cc2F)c(Cl)cc1OC. The lowest BCUT2D eigenvalue weighted by Gasteiger charge is -2.11. The molecule has 0 spiro atoms. The summed E-state index contributed by atoms with van der Waals surface area (Å²) in [5.41, 5.74) is 2.59. The number of nitrogens with one attached hydrogen (secondary N) is 1. The van der Waals surface area contributed by atoms with E-state index >= 15 is 0 Å². The first kappa shape index (κ1) is 19.2. The van der Waals surface area contributed by atoms with Gasteiger partial charge in [0.15, 0.2) is 11.5 Å². The first-order valence-corrected chi connectivity index (χ1v) is 7.91. The number of carbonyl (C=O) groups is 1. The largest absolute Gasteiger partial charge is 0.493 e. The number of nitrogens with zero attached hydrogens (tertiary/aromatic N) is 2. The van der Waals surface area contributed by atoms with Gasteiger partial charge in [-0.3, -0.25) is 4.79 Å². The summed E-state index contributed by atoms with van der Waals surface area (Å²) in [7, 11) is 1.49.